The summed E-state index contributed by atoms with van der Waals surface area (Å²) in [5.74, 6) is 0. The summed E-state index contributed by atoms with van der Waals surface area (Å²) in [6.45, 7) is 4.75. The van der Waals surface area contributed by atoms with E-state index < -0.39 is 0 Å². The van der Waals surface area contributed by atoms with Gasteiger partial charge in [0.2, 0.25) is 0 Å². The van der Waals surface area contributed by atoms with E-state index in [1.54, 1.807) is 7.11 Å². The molecule has 0 aliphatic rings. The molecular weight excluding hydrogens is 236 g/mol. The number of anilines is 1. The lowest BCUT2D eigenvalue weighted by molar-refractivity contribution is 0.185. The van der Waals surface area contributed by atoms with Crippen LogP contribution in [0.4, 0.5) is 5.69 Å². The molecule has 1 aromatic carbocycles. The molecule has 0 bridgehead atoms. The average Bonchev–Trinajstić information content (AvgIpc) is 2.86. The van der Waals surface area contributed by atoms with Crippen molar-refractivity contribution >= 4 is 5.69 Å². The van der Waals surface area contributed by atoms with Crippen LogP contribution in [0.2, 0.25) is 0 Å². The molecule has 0 aliphatic heterocycles. The van der Waals surface area contributed by atoms with E-state index in [4.69, 9.17) is 4.74 Å². The molecular formula is C16H22N2O. The van der Waals surface area contributed by atoms with Gasteiger partial charge in [-0.05, 0) is 24.6 Å². The number of ether oxygens (including phenoxy) is 1. The van der Waals surface area contributed by atoms with Crippen molar-refractivity contribution in [3.63, 3.8) is 0 Å². The van der Waals surface area contributed by atoms with Gasteiger partial charge in [0, 0.05) is 36.8 Å². The number of methoxy groups -OCH3 is 1. The lowest BCUT2D eigenvalue weighted by Gasteiger charge is -2.13. The Morgan fingerprint density at radius 2 is 2.00 bits per heavy atom. The molecule has 3 heteroatoms. The van der Waals surface area contributed by atoms with Gasteiger partial charge in [-0.1, -0.05) is 25.1 Å². The molecule has 0 saturated carbocycles. The lowest BCUT2D eigenvalue weighted by Crippen LogP contribution is -2.08. The van der Waals surface area contributed by atoms with Crippen LogP contribution in [-0.4, -0.2) is 11.7 Å². The van der Waals surface area contributed by atoms with E-state index in [0.717, 1.165) is 25.2 Å². The first kappa shape index (κ1) is 13.7. The Balaban J connectivity index is 2.03. The maximum Gasteiger partial charge on any atom is 0.0733 e. The van der Waals surface area contributed by atoms with E-state index in [1.807, 2.05) is 12.1 Å². The van der Waals surface area contributed by atoms with Gasteiger partial charge in [-0.3, -0.25) is 0 Å². The van der Waals surface area contributed by atoms with Crippen molar-refractivity contribution in [1.82, 2.24) is 4.57 Å². The van der Waals surface area contributed by atoms with Crippen LogP contribution >= 0.6 is 0 Å². The highest BCUT2D eigenvalue weighted by molar-refractivity contribution is 5.50. The summed E-state index contributed by atoms with van der Waals surface area (Å²) in [5, 5.41) is 3.50. The average molecular weight is 258 g/mol. The number of aryl methyl sites for hydroxylation is 1. The van der Waals surface area contributed by atoms with Crippen molar-refractivity contribution in [2.75, 3.05) is 12.4 Å². The zero-order chi connectivity index (χ0) is 13.5. The third kappa shape index (κ3) is 3.61. The van der Waals surface area contributed by atoms with E-state index >= 15 is 0 Å². The molecule has 0 amide bonds. The highest BCUT2D eigenvalue weighted by Crippen LogP contribution is 2.17. The molecule has 2 rings (SSSR count). The quantitative estimate of drug-likeness (QED) is 0.820. The van der Waals surface area contributed by atoms with E-state index in [0.29, 0.717) is 6.61 Å². The monoisotopic (exact) mass is 258 g/mol. The number of nitrogens with zero attached hydrogens (tertiary/aromatic N) is 1. The number of rotatable bonds is 7. The number of para-hydroxylation sites is 1. The number of hydrogen-bond acceptors (Lipinski definition) is 2. The maximum atomic E-state index is 5.22. The van der Waals surface area contributed by atoms with E-state index in [-0.39, 0.29) is 0 Å². The lowest BCUT2D eigenvalue weighted by atomic mass is 10.2. The van der Waals surface area contributed by atoms with Gasteiger partial charge >= 0.3 is 0 Å². The topological polar surface area (TPSA) is 26.2 Å². The van der Waals surface area contributed by atoms with Crippen LogP contribution < -0.4 is 5.32 Å². The molecule has 0 fully saturated rings. The Bertz CT molecular complexity index is 505. The van der Waals surface area contributed by atoms with Crippen LogP contribution in [0.25, 0.3) is 0 Å². The predicted octanol–water partition coefficient (Wildman–Crippen LogP) is 3.66. The minimum Gasteiger partial charge on any atom is -0.380 e. The molecule has 1 heterocycles. The van der Waals surface area contributed by atoms with Gasteiger partial charge in [0.25, 0.3) is 0 Å². The summed E-state index contributed by atoms with van der Waals surface area (Å²) in [5.41, 5.74) is 3.65. The first-order chi connectivity index (χ1) is 9.35. The zero-order valence-electron chi connectivity index (χ0n) is 11.7. The van der Waals surface area contributed by atoms with Gasteiger partial charge in [0.05, 0.1) is 13.2 Å². The maximum absolute atomic E-state index is 5.22. The molecule has 0 aliphatic carbocycles. The Labute approximate surface area is 115 Å². The highest BCUT2D eigenvalue weighted by Gasteiger charge is 2.03. The molecule has 3 nitrogen and oxygen atoms in total. The second-order valence-corrected chi connectivity index (χ2v) is 4.64. The molecule has 0 spiro atoms. The SMILES string of the molecule is CCCn1cccc1CNc1ccccc1COC. The van der Waals surface area contributed by atoms with Crippen molar-refractivity contribution < 1.29 is 4.74 Å². The van der Waals surface area contributed by atoms with Crippen LogP contribution in [0.3, 0.4) is 0 Å². The van der Waals surface area contributed by atoms with Crippen molar-refractivity contribution in [2.24, 2.45) is 0 Å². The second-order valence-electron chi connectivity index (χ2n) is 4.64. The van der Waals surface area contributed by atoms with E-state index in [2.05, 4.69) is 47.3 Å². The van der Waals surface area contributed by atoms with Gasteiger partial charge in [0.15, 0.2) is 0 Å². The van der Waals surface area contributed by atoms with Gasteiger partial charge < -0.3 is 14.6 Å². The summed E-state index contributed by atoms with van der Waals surface area (Å²) < 4.78 is 7.52. The van der Waals surface area contributed by atoms with Gasteiger partial charge in [-0.15, -0.1) is 0 Å². The number of aromatic nitrogens is 1. The third-order valence-corrected chi connectivity index (χ3v) is 3.17. The smallest absolute Gasteiger partial charge is 0.0733 e. The Morgan fingerprint density at radius 1 is 1.16 bits per heavy atom. The van der Waals surface area contributed by atoms with Gasteiger partial charge in [-0.2, -0.15) is 0 Å². The Morgan fingerprint density at radius 3 is 2.79 bits per heavy atom. The molecule has 0 saturated heterocycles. The van der Waals surface area contributed by atoms with Crippen molar-refractivity contribution in [1.29, 1.82) is 0 Å². The molecule has 0 atom stereocenters. The Kier molecular flexibility index (Phi) is 5.04. The number of nitrogens with one attached hydrogen (secondary N) is 1. The minimum atomic E-state index is 0.638. The van der Waals surface area contributed by atoms with Crippen LogP contribution in [0, 0.1) is 0 Å². The summed E-state index contributed by atoms with van der Waals surface area (Å²) in [6.07, 6.45) is 3.30. The van der Waals surface area contributed by atoms with Crippen LogP contribution in [0.5, 0.6) is 0 Å². The second kappa shape index (κ2) is 7.00. The fourth-order valence-corrected chi connectivity index (χ4v) is 2.23. The van der Waals surface area contributed by atoms with Gasteiger partial charge in [0.1, 0.15) is 0 Å². The summed E-state index contributed by atoms with van der Waals surface area (Å²) in [6, 6.07) is 12.6. The first-order valence-corrected chi connectivity index (χ1v) is 6.80. The standard InChI is InChI=1S/C16H22N2O/c1-3-10-18-11-6-8-15(18)12-17-16-9-5-4-7-14(16)13-19-2/h4-9,11,17H,3,10,12-13H2,1-2H3. The first-order valence-electron chi connectivity index (χ1n) is 6.80. The molecule has 1 N–H and O–H groups in total. The van der Waals surface area contributed by atoms with Gasteiger partial charge in [-0.25, -0.2) is 0 Å². The largest absolute Gasteiger partial charge is 0.380 e. The molecule has 0 unspecified atom stereocenters. The normalized spacial score (nSPS) is 10.6. The van der Waals surface area contributed by atoms with Crippen molar-refractivity contribution in [3.8, 4) is 0 Å². The minimum absolute atomic E-state index is 0.638. The summed E-state index contributed by atoms with van der Waals surface area (Å²) in [4.78, 5) is 0. The molecule has 19 heavy (non-hydrogen) atoms. The summed E-state index contributed by atoms with van der Waals surface area (Å²) >= 11 is 0. The molecule has 2 aromatic rings. The molecule has 0 radical (unpaired) electrons. The van der Waals surface area contributed by atoms with E-state index in [1.165, 1.54) is 11.3 Å². The van der Waals surface area contributed by atoms with Crippen molar-refractivity contribution in [3.05, 3.63) is 53.9 Å². The molecule has 102 valence electrons. The van der Waals surface area contributed by atoms with Crippen LogP contribution in [0.1, 0.15) is 24.6 Å². The van der Waals surface area contributed by atoms with Crippen molar-refractivity contribution in [2.45, 2.75) is 33.0 Å². The molecule has 1 aromatic heterocycles. The number of hydrogen-bond donors (Lipinski definition) is 1. The third-order valence-electron chi connectivity index (χ3n) is 3.17. The Hall–Kier alpha value is -1.74. The fourth-order valence-electron chi connectivity index (χ4n) is 2.23. The van der Waals surface area contributed by atoms with Crippen LogP contribution in [-0.2, 0) is 24.4 Å². The fraction of sp³-hybridized carbons (Fsp3) is 0.375. The van der Waals surface area contributed by atoms with E-state index in [9.17, 15) is 0 Å². The predicted molar refractivity (Wildman–Crippen MR) is 79.2 cm³/mol. The summed E-state index contributed by atoms with van der Waals surface area (Å²) in [7, 11) is 1.73. The van der Waals surface area contributed by atoms with Crippen LogP contribution in [0.15, 0.2) is 42.6 Å². The highest BCUT2D eigenvalue weighted by atomic mass is 16.5. The zero-order valence-corrected chi connectivity index (χ0v) is 11.7. The number of benzene rings is 1.